The zero-order chi connectivity index (χ0) is 20.3. The van der Waals surface area contributed by atoms with E-state index in [1.165, 1.54) is 108 Å². The molecule has 1 aromatic rings. The second-order valence-corrected chi connectivity index (χ2v) is 8.50. The first-order valence-corrected chi connectivity index (χ1v) is 12.7. The van der Waals surface area contributed by atoms with Crippen LogP contribution >= 0.6 is 12.4 Å². The molecule has 0 radical (unpaired) electrons. The van der Waals surface area contributed by atoms with Gasteiger partial charge < -0.3 is 4.90 Å². The maximum Gasteiger partial charge on any atom is 0.0398 e. The molecule has 0 aliphatic rings. The van der Waals surface area contributed by atoms with Gasteiger partial charge >= 0.3 is 0 Å². The number of unbranched alkanes of at least 4 members (excludes halogenated alkanes) is 14. The van der Waals surface area contributed by atoms with Crippen molar-refractivity contribution in [2.24, 2.45) is 0 Å². The van der Waals surface area contributed by atoms with Crippen molar-refractivity contribution < 1.29 is 0 Å². The maximum atomic E-state index is 2.49. The number of nitrogens with zero attached hydrogens (tertiary/aromatic N) is 1. The number of anilines is 1. The molecule has 0 bridgehead atoms. The van der Waals surface area contributed by atoms with E-state index in [-0.39, 0.29) is 12.4 Å². The number of para-hydroxylation sites is 1. The zero-order valence-corrected chi connectivity index (χ0v) is 20.7. The molecule has 0 heterocycles. The molecule has 0 unspecified atom stereocenters. The largest absolute Gasteiger partial charge is 0.372 e. The van der Waals surface area contributed by atoms with Crippen LogP contribution in [0, 0.1) is 0 Å². The third-order valence-electron chi connectivity index (χ3n) is 6.15. The van der Waals surface area contributed by atoms with E-state index in [1.807, 2.05) is 0 Å². The Bertz CT molecular complexity index is 456. The van der Waals surface area contributed by atoms with Crippen LogP contribution in [-0.2, 0) is 6.42 Å². The summed E-state index contributed by atoms with van der Waals surface area (Å²) in [5, 5.41) is 0. The normalized spacial score (nSPS) is 10.7. The topological polar surface area (TPSA) is 3.24 Å². The van der Waals surface area contributed by atoms with Crippen LogP contribution in [0.2, 0.25) is 0 Å². The highest BCUT2D eigenvalue weighted by Crippen LogP contribution is 2.22. The van der Waals surface area contributed by atoms with Gasteiger partial charge in [0, 0.05) is 18.8 Å². The van der Waals surface area contributed by atoms with Gasteiger partial charge in [0.15, 0.2) is 0 Å². The van der Waals surface area contributed by atoms with Crippen LogP contribution < -0.4 is 4.90 Å². The van der Waals surface area contributed by atoms with Crippen molar-refractivity contribution in [1.82, 2.24) is 0 Å². The number of halogens is 1. The first kappa shape index (κ1) is 28.3. The SMILES string of the molecule is CCCCCCCCCCCCCCCCCc1ccccc1N(CC)CC.Cl. The molecular formula is C27H50ClN. The van der Waals surface area contributed by atoms with Crippen molar-refractivity contribution in [3.8, 4) is 0 Å². The van der Waals surface area contributed by atoms with E-state index >= 15 is 0 Å². The molecule has 170 valence electrons. The van der Waals surface area contributed by atoms with E-state index in [2.05, 4.69) is 49.9 Å². The van der Waals surface area contributed by atoms with Gasteiger partial charge in [0.05, 0.1) is 0 Å². The monoisotopic (exact) mass is 423 g/mol. The molecule has 0 aliphatic heterocycles. The van der Waals surface area contributed by atoms with Crippen LogP contribution in [0.4, 0.5) is 5.69 Å². The molecule has 29 heavy (non-hydrogen) atoms. The van der Waals surface area contributed by atoms with Gasteiger partial charge in [0.2, 0.25) is 0 Å². The Kier molecular flexibility index (Phi) is 20.1. The van der Waals surface area contributed by atoms with Gasteiger partial charge in [-0.25, -0.2) is 0 Å². The summed E-state index contributed by atoms with van der Waals surface area (Å²) in [5.74, 6) is 0. The molecule has 0 atom stereocenters. The average Bonchev–Trinajstić information content (AvgIpc) is 2.72. The summed E-state index contributed by atoms with van der Waals surface area (Å²) < 4.78 is 0. The molecule has 1 nitrogen and oxygen atoms in total. The molecule has 0 N–H and O–H groups in total. The maximum absolute atomic E-state index is 2.49. The van der Waals surface area contributed by atoms with Crippen LogP contribution in [0.1, 0.15) is 123 Å². The molecule has 0 amide bonds. The lowest BCUT2D eigenvalue weighted by atomic mass is 10.0. The predicted molar refractivity (Wildman–Crippen MR) is 136 cm³/mol. The summed E-state index contributed by atoms with van der Waals surface area (Å²) in [7, 11) is 0. The molecule has 0 spiro atoms. The lowest BCUT2D eigenvalue weighted by Gasteiger charge is -2.24. The Morgan fingerprint density at radius 1 is 0.552 bits per heavy atom. The van der Waals surface area contributed by atoms with Crippen molar-refractivity contribution in [2.45, 2.75) is 124 Å². The van der Waals surface area contributed by atoms with Crippen LogP contribution in [0.25, 0.3) is 0 Å². The lowest BCUT2D eigenvalue weighted by Crippen LogP contribution is -2.23. The summed E-state index contributed by atoms with van der Waals surface area (Å²) in [6.45, 7) is 9.02. The number of benzene rings is 1. The van der Waals surface area contributed by atoms with Gasteiger partial charge in [-0.15, -0.1) is 12.4 Å². The Morgan fingerprint density at radius 2 is 0.966 bits per heavy atom. The number of hydrogen-bond donors (Lipinski definition) is 0. The number of aryl methyl sites for hydroxylation is 1. The second kappa shape index (κ2) is 20.6. The van der Waals surface area contributed by atoms with E-state index in [0.717, 1.165) is 13.1 Å². The molecule has 0 saturated carbocycles. The Labute approximate surface area is 189 Å². The van der Waals surface area contributed by atoms with E-state index in [4.69, 9.17) is 0 Å². The highest BCUT2D eigenvalue weighted by Gasteiger charge is 2.07. The van der Waals surface area contributed by atoms with Crippen LogP contribution in [0.5, 0.6) is 0 Å². The van der Waals surface area contributed by atoms with E-state index in [1.54, 1.807) is 5.56 Å². The summed E-state index contributed by atoms with van der Waals surface area (Å²) in [6, 6.07) is 9.02. The highest BCUT2D eigenvalue weighted by molar-refractivity contribution is 5.85. The summed E-state index contributed by atoms with van der Waals surface area (Å²) >= 11 is 0. The van der Waals surface area contributed by atoms with E-state index < -0.39 is 0 Å². The summed E-state index contributed by atoms with van der Waals surface area (Å²) in [6.07, 6.45) is 22.8. The van der Waals surface area contributed by atoms with Crippen LogP contribution in [0.15, 0.2) is 24.3 Å². The van der Waals surface area contributed by atoms with Crippen molar-refractivity contribution in [1.29, 1.82) is 0 Å². The minimum absolute atomic E-state index is 0. The molecule has 0 aliphatic carbocycles. The van der Waals surface area contributed by atoms with Crippen molar-refractivity contribution in [3.05, 3.63) is 29.8 Å². The molecule has 1 aromatic carbocycles. The van der Waals surface area contributed by atoms with E-state index in [0.29, 0.717) is 0 Å². The molecule has 0 fully saturated rings. The first-order valence-electron chi connectivity index (χ1n) is 12.7. The van der Waals surface area contributed by atoms with Crippen molar-refractivity contribution >= 4 is 18.1 Å². The van der Waals surface area contributed by atoms with E-state index in [9.17, 15) is 0 Å². The van der Waals surface area contributed by atoms with Crippen LogP contribution in [0.3, 0.4) is 0 Å². The molecule has 2 heteroatoms. The van der Waals surface area contributed by atoms with Gasteiger partial charge in [-0.2, -0.15) is 0 Å². The Hall–Kier alpha value is -0.690. The molecule has 1 rings (SSSR count). The third-order valence-corrected chi connectivity index (χ3v) is 6.15. The minimum Gasteiger partial charge on any atom is -0.372 e. The second-order valence-electron chi connectivity index (χ2n) is 8.50. The first-order chi connectivity index (χ1) is 13.8. The van der Waals surface area contributed by atoms with Gasteiger partial charge in [-0.1, -0.05) is 115 Å². The van der Waals surface area contributed by atoms with Gasteiger partial charge in [0.1, 0.15) is 0 Å². The summed E-state index contributed by atoms with van der Waals surface area (Å²) in [5.41, 5.74) is 3.00. The van der Waals surface area contributed by atoms with Gasteiger partial charge in [-0.3, -0.25) is 0 Å². The average molecular weight is 424 g/mol. The van der Waals surface area contributed by atoms with Crippen molar-refractivity contribution in [3.63, 3.8) is 0 Å². The lowest BCUT2D eigenvalue weighted by molar-refractivity contribution is 0.532. The standard InChI is InChI=1S/C27H49N.ClH/c1-4-7-8-9-10-11-12-13-14-15-16-17-18-19-20-23-26-24-21-22-25-27(26)28(5-2)6-3;/h21-22,24-25H,4-20,23H2,1-3H3;1H. The number of rotatable bonds is 19. The highest BCUT2D eigenvalue weighted by atomic mass is 35.5. The Morgan fingerprint density at radius 3 is 1.41 bits per heavy atom. The Balaban J connectivity index is 0.00000784. The van der Waals surface area contributed by atoms with Gasteiger partial charge in [0.25, 0.3) is 0 Å². The fraction of sp³-hybridized carbons (Fsp3) is 0.778. The predicted octanol–water partition coefficient (Wildman–Crippen LogP) is 9.37. The smallest absolute Gasteiger partial charge is 0.0398 e. The fourth-order valence-corrected chi connectivity index (χ4v) is 4.28. The van der Waals surface area contributed by atoms with Crippen molar-refractivity contribution in [2.75, 3.05) is 18.0 Å². The fourth-order valence-electron chi connectivity index (χ4n) is 4.28. The molecule has 0 saturated heterocycles. The molecule has 0 aromatic heterocycles. The zero-order valence-electron chi connectivity index (χ0n) is 19.9. The third kappa shape index (κ3) is 14.0. The molecular weight excluding hydrogens is 374 g/mol. The number of hydrogen-bond acceptors (Lipinski definition) is 1. The quantitative estimate of drug-likeness (QED) is 0.200. The minimum atomic E-state index is 0. The van der Waals surface area contributed by atoms with Crippen LogP contribution in [-0.4, -0.2) is 13.1 Å². The summed E-state index contributed by atoms with van der Waals surface area (Å²) in [4.78, 5) is 2.49. The van der Waals surface area contributed by atoms with Gasteiger partial charge in [-0.05, 0) is 38.3 Å².